The van der Waals surface area contributed by atoms with Crippen LogP contribution >= 0.6 is 22.6 Å². The average molecular weight is 581 g/mol. The molecule has 2 aliphatic rings. The number of carbonyl (C=O) groups is 1. The molecule has 34 heavy (non-hydrogen) atoms. The molecule has 0 spiro atoms. The monoisotopic (exact) mass is 580 g/mol. The highest BCUT2D eigenvalue weighted by atomic mass is 127. The standard InChI is InChI=1S/C25H32N2O4.C2H5I/c1-7-30-22-17(3)21(16(2)20-23(22)31-25(4,5)24(20)28)27-14-12-26(13-15-27)18-8-10-19(29-6)11-9-18;1-2-3/h8-11H,7,12-15H2,1-6H3;2H2,1H3. The zero-order chi connectivity index (χ0) is 25.0. The molecule has 1 fully saturated rings. The van der Waals surface area contributed by atoms with Gasteiger partial charge in [0.05, 0.1) is 19.3 Å². The van der Waals surface area contributed by atoms with E-state index in [1.807, 2.05) is 39.8 Å². The first-order valence-electron chi connectivity index (χ1n) is 11.9. The number of methoxy groups -OCH3 is 1. The van der Waals surface area contributed by atoms with Gasteiger partial charge in [-0.2, -0.15) is 0 Å². The number of Topliss-reactive ketones (excluding diaryl/α,β-unsaturated/α-hetero) is 1. The maximum atomic E-state index is 13.1. The van der Waals surface area contributed by atoms with E-state index in [1.54, 1.807) is 7.11 Å². The van der Waals surface area contributed by atoms with Crippen LogP contribution in [-0.2, 0) is 0 Å². The van der Waals surface area contributed by atoms with Crippen LogP contribution in [0.3, 0.4) is 0 Å². The first kappa shape index (κ1) is 26.4. The molecule has 1 saturated heterocycles. The second kappa shape index (κ2) is 11.1. The minimum absolute atomic E-state index is 0.0269. The number of benzene rings is 2. The smallest absolute Gasteiger partial charge is 0.209 e. The molecule has 2 aliphatic heterocycles. The first-order chi connectivity index (χ1) is 16.2. The van der Waals surface area contributed by atoms with Crippen LogP contribution in [0.2, 0.25) is 0 Å². The van der Waals surface area contributed by atoms with Crippen LogP contribution in [0, 0.1) is 13.8 Å². The van der Waals surface area contributed by atoms with Gasteiger partial charge in [0.2, 0.25) is 5.78 Å². The van der Waals surface area contributed by atoms with E-state index in [4.69, 9.17) is 14.2 Å². The van der Waals surface area contributed by atoms with Gasteiger partial charge in [-0.05, 0) is 68.9 Å². The van der Waals surface area contributed by atoms with Crippen molar-refractivity contribution in [3.05, 3.63) is 41.0 Å². The zero-order valence-corrected chi connectivity index (χ0v) is 23.6. The Kier molecular flexibility index (Phi) is 8.60. The Morgan fingerprint density at radius 2 is 1.56 bits per heavy atom. The minimum Gasteiger partial charge on any atom is -0.497 e. The summed E-state index contributed by atoms with van der Waals surface area (Å²) in [6.07, 6.45) is 0. The predicted molar refractivity (Wildman–Crippen MR) is 148 cm³/mol. The number of piperazine rings is 1. The van der Waals surface area contributed by atoms with Crippen LogP contribution in [0.5, 0.6) is 17.2 Å². The second-order valence-electron chi connectivity index (χ2n) is 8.95. The Morgan fingerprint density at radius 3 is 2.09 bits per heavy atom. The van der Waals surface area contributed by atoms with Crippen molar-refractivity contribution in [1.29, 1.82) is 0 Å². The lowest BCUT2D eigenvalue weighted by atomic mass is 9.92. The third-order valence-electron chi connectivity index (χ3n) is 6.31. The van der Waals surface area contributed by atoms with Crippen molar-refractivity contribution in [3.8, 4) is 17.2 Å². The molecule has 7 heteroatoms. The number of carbonyl (C=O) groups excluding carboxylic acids is 1. The van der Waals surface area contributed by atoms with Crippen LogP contribution in [0.25, 0.3) is 0 Å². The minimum atomic E-state index is -0.864. The molecule has 0 N–H and O–H groups in total. The van der Waals surface area contributed by atoms with E-state index in [2.05, 4.69) is 58.4 Å². The summed E-state index contributed by atoms with van der Waals surface area (Å²) in [7, 11) is 1.68. The second-order valence-corrected chi connectivity index (χ2v) is 10.5. The molecule has 4 rings (SSSR count). The molecular formula is C27H37IN2O4. The third-order valence-corrected chi connectivity index (χ3v) is 6.31. The van der Waals surface area contributed by atoms with Crippen molar-refractivity contribution in [2.24, 2.45) is 0 Å². The molecular weight excluding hydrogens is 543 g/mol. The number of hydrogen-bond donors (Lipinski definition) is 0. The Labute approximate surface area is 217 Å². The van der Waals surface area contributed by atoms with Gasteiger partial charge >= 0.3 is 0 Å². The summed E-state index contributed by atoms with van der Waals surface area (Å²) < 4.78 is 18.6. The van der Waals surface area contributed by atoms with Crippen molar-refractivity contribution < 1.29 is 19.0 Å². The predicted octanol–water partition coefficient (Wildman–Crippen LogP) is 5.83. The topological polar surface area (TPSA) is 51.2 Å². The zero-order valence-electron chi connectivity index (χ0n) is 21.5. The molecule has 0 aromatic heterocycles. The van der Waals surface area contributed by atoms with Crippen molar-refractivity contribution >= 4 is 39.7 Å². The van der Waals surface area contributed by atoms with Gasteiger partial charge in [0.1, 0.15) is 5.75 Å². The number of rotatable bonds is 5. The number of hydrogen-bond acceptors (Lipinski definition) is 6. The highest BCUT2D eigenvalue weighted by Crippen LogP contribution is 2.50. The van der Waals surface area contributed by atoms with Crippen molar-refractivity contribution in [2.75, 3.05) is 54.1 Å². The van der Waals surface area contributed by atoms with Crippen molar-refractivity contribution in [1.82, 2.24) is 0 Å². The Balaban J connectivity index is 0.00000103. The summed E-state index contributed by atoms with van der Waals surface area (Å²) in [4.78, 5) is 17.9. The van der Waals surface area contributed by atoms with Crippen LogP contribution < -0.4 is 24.0 Å². The van der Waals surface area contributed by atoms with Crippen molar-refractivity contribution in [2.45, 2.75) is 47.1 Å². The summed E-state index contributed by atoms with van der Waals surface area (Å²) in [5.41, 5.74) is 4.14. The number of ketones is 1. The Hall–Kier alpha value is -2.16. The van der Waals surface area contributed by atoms with Gasteiger partial charge < -0.3 is 24.0 Å². The summed E-state index contributed by atoms with van der Waals surface area (Å²) in [5.74, 6) is 2.20. The lowest BCUT2D eigenvalue weighted by molar-refractivity contribution is 0.0677. The fraction of sp³-hybridized carbons (Fsp3) is 0.519. The summed E-state index contributed by atoms with van der Waals surface area (Å²) in [5, 5.41) is 0. The summed E-state index contributed by atoms with van der Waals surface area (Å²) in [6, 6.07) is 8.20. The average Bonchev–Trinajstić information content (AvgIpc) is 3.06. The lowest BCUT2D eigenvalue weighted by Crippen LogP contribution is -2.47. The molecule has 0 amide bonds. The van der Waals surface area contributed by atoms with E-state index < -0.39 is 5.60 Å². The third kappa shape index (κ3) is 5.09. The molecule has 2 aromatic carbocycles. The van der Waals surface area contributed by atoms with Crippen LogP contribution in [0.1, 0.15) is 49.2 Å². The Morgan fingerprint density at radius 1 is 1.00 bits per heavy atom. The SMILES string of the molecule is CCI.CCOc1c(C)c(N2CCN(c3ccc(OC)cc3)CC2)c(C)c2c1OC(C)(C)C2=O. The first-order valence-corrected chi connectivity index (χ1v) is 13.5. The quantitative estimate of drug-likeness (QED) is 0.328. The van der Waals surface area contributed by atoms with Gasteiger partial charge in [-0.15, -0.1) is 0 Å². The van der Waals surface area contributed by atoms with Crippen molar-refractivity contribution in [3.63, 3.8) is 0 Å². The molecule has 0 bridgehead atoms. The molecule has 2 aromatic rings. The van der Waals surface area contributed by atoms with Gasteiger partial charge in [-0.25, -0.2) is 0 Å². The molecule has 0 unspecified atom stereocenters. The highest BCUT2D eigenvalue weighted by molar-refractivity contribution is 14.1. The fourth-order valence-electron chi connectivity index (χ4n) is 4.71. The fourth-order valence-corrected chi connectivity index (χ4v) is 4.71. The lowest BCUT2D eigenvalue weighted by Gasteiger charge is -2.39. The number of alkyl halides is 1. The molecule has 186 valence electrons. The number of halogens is 1. The maximum absolute atomic E-state index is 13.1. The molecule has 0 atom stereocenters. The van der Waals surface area contributed by atoms with Gasteiger partial charge in [0.25, 0.3) is 0 Å². The number of fused-ring (bicyclic) bond motifs is 1. The van der Waals surface area contributed by atoms with E-state index in [0.29, 0.717) is 23.7 Å². The number of anilines is 2. The summed E-state index contributed by atoms with van der Waals surface area (Å²) >= 11 is 2.29. The molecule has 0 aliphatic carbocycles. The van der Waals surface area contributed by atoms with Crippen LogP contribution in [-0.4, -0.2) is 55.7 Å². The van der Waals surface area contributed by atoms with E-state index in [0.717, 1.165) is 48.7 Å². The van der Waals surface area contributed by atoms with Crippen LogP contribution in [0.4, 0.5) is 11.4 Å². The molecule has 2 heterocycles. The van der Waals surface area contributed by atoms with Gasteiger partial charge in [-0.3, -0.25) is 4.79 Å². The number of nitrogens with zero attached hydrogens (tertiary/aromatic N) is 2. The van der Waals surface area contributed by atoms with Crippen LogP contribution in [0.15, 0.2) is 24.3 Å². The number of ether oxygens (including phenoxy) is 3. The van der Waals surface area contributed by atoms with E-state index in [-0.39, 0.29) is 5.78 Å². The summed E-state index contributed by atoms with van der Waals surface area (Å²) in [6.45, 7) is 15.9. The molecule has 0 radical (unpaired) electrons. The van der Waals surface area contributed by atoms with E-state index in [9.17, 15) is 4.79 Å². The van der Waals surface area contributed by atoms with Gasteiger partial charge in [0, 0.05) is 43.1 Å². The largest absolute Gasteiger partial charge is 0.497 e. The maximum Gasteiger partial charge on any atom is 0.209 e. The van der Waals surface area contributed by atoms with E-state index >= 15 is 0 Å². The van der Waals surface area contributed by atoms with E-state index in [1.165, 1.54) is 10.1 Å². The normalized spacial score (nSPS) is 16.4. The molecule has 6 nitrogen and oxygen atoms in total. The highest BCUT2D eigenvalue weighted by Gasteiger charge is 2.44. The Bertz CT molecular complexity index is 1010. The van der Waals surface area contributed by atoms with Gasteiger partial charge in [-0.1, -0.05) is 29.5 Å². The molecule has 0 saturated carbocycles. The van der Waals surface area contributed by atoms with Gasteiger partial charge in [0.15, 0.2) is 17.1 Å².